The van der Waals surface area contributed by atoms with Gasteiger partial charge in [-0.2, -0.15) is 0 Å². The highest BCUT2D eigenvalue weighted by Crippen LogP contribution is 2.25. The molecule has 0 radical (unpaired) electrons. The van der Waals surface area contributed by atoms with Crippen molar-refractivity contribution in [2.24, 2.45) is 0 Å². The normalized spacial score (nSPS) is 18.9. The summed E-state index contributed by atoms with van der Waals surface area (Å²) in [5.41, 5.74) is 1.01. The van der Waals surface area contributed by atoms with Gasteiger partial charge in [-0.3, -0.25) is 9.69 Å². The zero-order chi connectivity index (χ0) is 17.2. The smallest absolute Gasteiger partial charge is 0.236 e. The van der Waals surface area contributed by atoms with Gasteiger partial charge in [0.25, 0.3) is 0 Å². The highest BCUT2D eigenvalue weighted by molar-refractivity contribution is 9.10. The molecular formula is C19H23BrN4O. The Hall–Kier alpha value is -1.66. The highest BCUT2D eigenvalue weighted by atomic mass is 79.9. The molecule has 4 rings (SSSR count). The van der Waals surface area contributed by atoms with Gasteiger partial charge in [0.15, 0.2) is 0 Å². The number of anilines is 1. The maximum atomic E-state index is 12.3. The number of hydrogen-bond donors (Lipinski definition) is 0. The molecular weight excluding hydrogens is 380 g/mol. The lowest BCUT2D eigenvalue weighted by Gasteiger charge is -2.35. The molecule has 6 heteroatoms. The number of nitrogens with zero attached hydrogens (tertiary/aromatic N) is 4. The molecule has 0 bridgehead atoms. The lowest BCUT2D eigenvalue weighted by Crippen LogP contribution is -2.50. The van der Waals surface area contributed by atoms with Crippen LogP contribution in [0.3, 0.4) is 0 Å². The predicted octanol–water partition coefficient (Wildman–Crippen LogP) is 2.74. The van der Waals surface area contributed by atoms with E-state index >= 15 is 0 Å². The number of fused-ring (bicyclic) bond motifs is 1. The molecule has 2 fully saturated rings. The average molecular weight is 403 g/mol. The zero-order valence-corrected chi connectivity index (χ0v) is 15.9. The summed E-state index contributed by atoms with van der Waals surface area (Å²) >= 11 is 3.59. The van der Waals surface area contributed by atoms with E-state index < -0.39 is 0 Å². The Bertz CT molecular complexity index is 767. The lowest BCUT2D eigenvalue weighted by molar-refractivity contribution is -0.131. The number of halogens is 1. The molecule has 1 aromatic heterocycles. The number of carbonyl (C=O) groups is 1. The van der Waals surface area contributed by atoms with Gasteiger partial charge in [-0.25, -0.2) is 4.98 Å². The van der Waals surface area contributed by atoms with Crippen LogP contribution < -0.4 is 4.90 Å². The Balaban J connectivity index is 1.38. The Labute approximate surface area is 156 Å². The molecule has 3 heterocycles. The van der Waals surface area contributed by atoms with E-state index in [0.717, 1.165) is 73.3 Å². The van der Waals surface area contributed by atoms with E-state index in [1.54, 1.807) is 0 Å². The molecule has 0 saturated carbocycles. The number of likely N-dealkylation sites (tertiary alicyclic amines) is 1. The maximum absolute atomic E-state index is 12.3. The van der Waals surface area contributed by atoms with Gasteiger partial charge in [0.05, 0.1) is 12.1 Å². The fourth-order valence-electron chi connectivity index (χ4n) is 3.67. The van der Waals surface area contributed by atoms with Crippen LogP contribution in [-0.4, -0.2) is 66.5 Å². The molecule has 1 amide bonds. The summed E-state index contributed by atoms with van der Waals surface area (Å²) in [6, 6.07) is 10.4. The van der Waals surface area contributed by atoms with Gasteiger partial charge in [-0.15, -0.1) is 0 Å². The van der Waals surface area contributed by atoms with Crippen LogP contribution >= 0.6 is 15.9 Å². The molecule has 25 heavy (non-hydrogen) atoms. The number of aromatic nitrogens is 1. The van der Waals surface area contributed by atoms with Crippen molar-refractivity contribution in [1.29, 1.82) is 0 Å². The molecule has 2 aromatic rings. The molecule has 2 aliphatic rings. The summed E-state index contributed by atoms with van der Waals surface area (Å²) < 4.78 is 1.03. The molecule has 5 nitrogen and oxygen atoms in total. The lowest BCUT2D eigenvalue weighted by atomic mass is 10.2. The molecule has 2 aliphatic heterocycles. The molecule has 132 valence electrons. The highest BCUT2D eigenvalue weighted by Gasteiger charge is 2.24. The second-order valence-electron chi connectivity index (χ2n) is 6.83. The van der Waals surface area contributed by atoms with Crippen LogP contribution in [0.25, 0.3) is 10.9 Å². The van der Waals surface area contributed by atoms with Gasteiger partial charge in [-0.1, -0.05) is 12.1 Å². The molecule has 1 aromatic carbocycles. The molecule has 0 spiro atoms. The van der Waals surface area contributed by atoms with Crippen molar-refractivity contribution in [3.63, 3.8) is 0 Å². The van der Waals surface area contributed by atoms with Crippen LogP contribution in [0.5, 0.6) is 0 Å². The number of para-hydroxylation sites is 1. The second-order valence-corrected chi connectivity index (χ2v) is 7.69. The predicted molar refractivity (Wildman–Crippen MR) is 104 cm³/mol. The van der Waals surface area contributed by atoms with Crippen molar-refractivity contribution in [1.82, 2.24) is 14.8 Å². The standard InChI is InChI=1S/C19H23BrN4O/c20-16-5-3-4-15-6-7-17(21-19(15)16)23-12-10-22(11-13-23)14-18(25)24-8-1-2-9-24/h3-7H,1-2,8-14H2. The fourth-order valence-corrected chi connectivity index (χ4v) is 4.14. The van der Waals surface area contributed by atoms with Crippen molar-refractivity contribution in [2.75, 3.05) is 50.7 Å². The van der Waals surface area contributed by atoms with E-state index in [1.165, 1.54) is 0 Å². The summed E-state index contributed by atoms with van der Waals surface area (Å²) in [6.07, 6.45) is 2.31. The third-order valence-corrected chi connectivity index (χ3v) is 5.81. The Morgan fingerprint density at radius 3 is 2.52 bits per heavy atom. The van der Waals surface area contributed by atoms with E-state index in [4.69, 9.17) is 4.98 Å². The van der Waals surface area contributed by atoms with Gasteiger partial charge in [0, 0.05) is 49.1 Å². The van der Waals surface area contributed by atoms with E-state index in [2.05, 4.69) is 43.9 Å². The van der Waals surface area contributed by atoms with Crippen LogP contribution in [0.1, 0.15) is 12.8 Å². The number of amides is 1. The van der Waals surface area contributed by atoms with Crippen LogP contribution in [0, 0.1) is 0 Å². The zero-order valence-electron chi connectivity index (χ0n) is 14.3. The third-order valence-electron chi connectivity index (χ3n) is 5.17. The average Bonchev–Trinajstić information content (AvgIpc) is 3.17. The summed E-state index contributed by atoms with van der Waals surface area (Å²) in [5, 5.41) is 1.15. The van der Waals surface area contributed by atoms with Crippen LogP contribution in [0.15, 0.2) is 34.8 Å². The summed E-state index contributed by atoms with van der Waals surface area (Å²) in [7, 11) is 0. The topological polar surface area (TPSA) is 39.7 Å². The first-order valence-corrected chi connectivity index (χ1v) is 9.80. The van der Waals surface area contributed by atoms with E-state index in [9.17, 15) is 4.79 Å². The van der Waals surface area contributed by atoms with Crippen LogP contribution in [0.2, 0.25) is 0 Å². The largest absolute Gasteiger partial charge is 0.354 e. The van der Waals surface area contributed by atoms with E-state index in [0.29, 0.717) is 12.5 Å². The first kappa shape index (κ1) is 16.8. The quantitative estimate of drug-likeness (QED) is 0.790. The Morgan fingerprint density at radius 2 is 1.76 bits per heavy atom. The number of hydrogen-bond acceptors (Lipinski definition) is 4. The third kappa shape index (κ3) is 3.65. The minimum atomic E-state index is 0.290. The molecule has 0 unspecified atom stereocenters. The number of carbonyl (C=O) groups excluding carboxylic acids is 1. The van der Waals surface area contributed by atoms with Crippen molar-refractivity contribution in [3.8, 4) is 0 Å². The number of benzene rings is 1. The Morgan fingerprint density at radius 1 is 1.00 bits per heavy atom. The minimum Gasteiger partial charge on any atom is -0.354 e. The van der Waals surface area contributed by atoms with E-state index in [-0.39, 0.29) is 0 Å². The summed E-state index contributed by atoms with van der Waals surface area (Å²) in [4.78, 5) is 23.7. The van der Waals surface area contributed by atoms with Gasteiger partial charge in [-0.05, 0) is 47.0 Å². The van der Waals surface area contributed by atoms with Crippen LogP contribution in [0.4, 0.5) is 5.82 Å². The van der Waals surface area contributed by atoms with Gasteiger partial charge >= 0.3 is 0 Å². The van der Waals surface area contributed by atoms with Crippen molar-refractivity contribution < 1.29 is 4.79 Å². The number of rotatable bonds is 3. The Kier molecular flexibility index (Phi) is 4.90. The molecule has 0 N–H and O–H groups in total. The monoisotopic (exact) mass is 402 g/mol. The maximum Gasteiger partial charge on any atom is 0.236 e. The van der Waals surface area contributed by atoms with Crippen molar-refractivity contribution in [2.45, 2.75) is 12.8 Å². The summed E-state index contributed by atoms with van der Waals surface area (Å²) in [5.74, 6) is 1.31. The minimum absolute atomic E-state index is 0.290. The fraction of sp³-hybridized carbons (Fsp3) is 0.474. The van der Waals surface area contributed by atoms with Gasteiger partial charge in [0.2, 0.25) is 5.91 Å². The number of pyridine rings is 1. The first-order chi connectivity index (χ1) is 12.2. The van der Waals surface area contributed by atoms with Crippen molar-refractivity contribution in [3.05, 3.63) is 34.8 Å². The SMILES string of the molecule is O=C(CN1CCN(c2ccc3cccc(Br)c3n2)CC1)N1CCCC1. The molecule has 0 atom stereocenters. The van der Waals surface area contributed by atoms with Crippen molar-refractivity contribution >= 4 is 38.6 Å². The number of piperazine rings is 1. The van der Waals surface area contributed by atoms with Gasteiger partial charge < -0.3 is 9.80 Å². The second kappa shape index (κ2) is 7.30. The molecule has 2 saturated heterocycles. The first-order valence-electron chi connectivity index (χ1n) is 9.01. The van der Waals surface area contributed by atoms with E-state index in [1.807, 2.05) is 17.0 Å². The van der Waals surface area contributed by atoms with Gasteiger partial charge in [0.1, 0.15) is 5.82 Å². The summed E-state index contributed by atoms with van der Waals surface area (Å²) in [6.45, 7) is 6.09. The molecule has 0 aliphatic carbocycles. The van der Waals surface area contributed by atoms with Crippen LogP contribution in [-0.2, 0) is 4.79 Å².